The highest BCUT2D eigenvalue weighted by Crippen LogP contribution is 2.07. The smallest absolute Gasteiger partial charge is 0.214 e. The van der Waals surface area contributed by atoms with Crippen molar-refractivity contribution in [1.29, 1.82) is 0 Å². The molecule has 0 saturated carbocycles. The van der Waals surface area contributed by atoms with Crippen LogP contribution in [0, 0.1) is 0 Å². The Morgan fingerprint density at radius 1 is 1.22 bits per heavy atom. The average Bonchev–Trinajstić information content (AvgIpc) is 2.38. The normalized spacial score (nSPS) is 11.9. The molecular weight excluding hydrogens is 248 g/mol. The van der Waals surface area contributed by atoms with E-state index in [9.17, 15) is 8.42 Å². The van der Waals surface area contributed by atoms with Crippen LogP contribution in [0.25, 0.3) is 0 Å². The third-order valence-electron chi connectivity index (χ3n) is 2.85. The molecule has 0 radical (unpaired) electrons. The maximum atomic E-state index is 12.1. The Labute approximate surface area is 110 Å². The van der Waals surface area contributed by atoms with Gasteiger partial charge in [-0.3, -0.25) is 0 Å². The van der Waals surface area contributed by atoms with E-state index >= 15 is 0 Å². The number of hydrogen-bond acceptors (Lipinski definition) is 3. The van der Waals surface area contributed by atoms with Crippen molar-refractivity contribution in [2.75, 3.05) is 25.4 Å². The van der Waals surface area contributed by atoms with Crippen LogP contribution in [0.4, 0.5) is 0 Å². The van der Waals surface area contributed by atoms with Crippen LogP contribution in [0.5, 0.6) is 0 Å². The Balaban J connectivity index is 2.57. The van der Waals surface area contributed by atoms with Crippen LogP contribution in [-0.4, -0.2) is 38.1 Å². The maximum Gasteiger partial charge on any atom is 0.214 e. The molecule has 0 fully saturated rings. The molecule has 2 N–H and O–H groups in total. The Morgan fingerprint density at radius 3 is 2.44 bits per heavy atom. The molecule has 102 valence electrons. The molecule has 0 aliphatic heterocycles. The van der Waals surface area contributed by atoms with Crippen LogP contribution in [0.3, 0.4) is 0 Å². The maximum absolute atomic E-state index is 12.1. The van der Waals surface area contributed by atoms with Gasteiger partial charge in [0, 0.05) is 13.1 Å². The lowest BCUT2D eigenvalue weighted by molar-refractivity contribution is 0.423. The first-order valence-electron chi connectivity index (χ1n) is 6.32. The van der Waals surface area contributed by atoms with Gasteiger partial charge in [0.2, 0.25) is 10.0 Å². The van der Waals surface area contributed by atoms with Gasteiger partial charge in [-0.25, -0.2) is 12.7 Å². The lowest BCUT2D eigenvalue weighted by atomic mass is 10.2. The van der Waals surface area contributed by atoms with Crippen molar-refractivity contribution >= 4 is 10.0 Å². The highest BCUT2D eigenvalue weighted by molar-refractivity contribution is 7.89. The average molecular weight is 270 g/mol. The Morgan fingerprint density at radius 2 is 1.89 bits per heavy atom. The minimum absolute atomic E-state index is 0.162. The van der Waals surface area contributed by atoms with Crippen molar-refractivity contribution in [1.82, 2.24) is 4.31 Å². The van der Waals surface area contributed by atoms with Crippen LogP contribution in [-0.2, 0) is 16.4 Å². The summed E-state index contributed by atoms with van der Waals surface area (Å²) >= 11 is 0. The fraction of sp³-hybridized carbons (Fsp3) is 0.538. The highest BCUT2D eigenvalue weighted by Gasteiger charge is 2.19. The van der Waals surface area contributed by atoms with E-state index in [1.165, 1.54) is 4.31 Å². The predicted molar refractivity (Wildman–Crippen MR) is 74.9 cm³/mol. The number of nitrogens with two attached hydrogens (primary N) is 1. The van der Waals surface area contributed by atoms with E-state index in [0.29, 0.717) is 32.5 Å². The predicted octanol–water partition coefficient (Wildman–Crippen LogP) is 1.23. The molecule has 0 heterocycles. The second-order valence-corrected chi connectivity index (χ2v) is 6.27. The third kappa shape index (κ3) is 4.76. The molecule has 0 spiro atoms. The zero-order valence-corrected chi connectivity index (χ0v) is 11.7. The molecule has 0 atom stereocenters. The minimum atomic E-state index is -3.17. The largest absolute Gasteiger partial charge is 0.330 e. The summed E-state index contributed by atoms with van der Waals surface area (Å²) in [5.74, 6) is 0.162. The molecule has 0 bridgehead atoms. The molecule has 0 amide bonds. The summed E-state index contributed by atoms with van der Waals surface area (Å²) in [5.41, 5.74) is 6.47. The van der Waals surface area contributed by atoms with Crippen LogP contribution in [0.1, 0.15) is 18.9 Å². The number of aryl methyl sites for hydroxylation is 1. The summed E-state index contributed by atoms with van der Waals surface area (Å²) in [5, 5.41) is 0. The SMILES string of the molecule is CCN(CCCN)S(=O)(=O)CCc1ccccc1. The molecule has 1 aromatic rings. The van der Waals surface area contributed by atoms with Crippen LogP contribution >= 0.6 is 0 Å². The van der Waals surface area contributed by atoms with Crippen molar-refractivity contribution in [3.8, 4) is 0 Å². The van der Waals surface area contributed by atoms with E-state index in [0.717, 1.165) is 5.56 Å². The summed E-state index contributed by atoms with van der Waals surface area (Å²) in [4.78, 5) is 0. The lowest BCUT2D eigenvalue weighted by Gasteiger charge is -2.20. The summed E-state index contributed by atoms with van der Waals surface area (Å²) in [7, 11) is -3.17. The van der Waals surface area contributed by atoms with Gasteiger partial charge >= 0.3 is 0 Å². The molecule has 0 aliphatic rings. The van der Waals surface area contributed by atoms with Crippen molar-refractivity contribution in [2.45, 2.75) is 19.8 Å². The molecule has 5 heteroatoms. The summed E-state index contributed by atoms with van der Waals surface area (Å²) in [6.07, 6.45) is 1.26. The Bertz CT molecular complexity index is 432. The number of benzene rings is 1. The van der Waals surface area contributed by atoms with E-state index in [-0.39, 0.29) is 5.75 Å². The van der Waals surface area contributed by atoms with Crippen molar-refractivity contribution in [3.63, 3.8) is 0 Å². The van der Waals surface area contributed by atoms with E-state index in [4.69, 9.17) is 5.73 Å². The summed E-state index contributed by atoms with van der Waals surface area (Å²) in [6, 6.07) is 9.68. The molecule has 0 saturated heterocycles. The van der Waals surface area contributed by atoms with Gasteiger partial charge in [-0.2, -0.15) is 0 Å². The van der Waals surface area contributed by atoms with Gasteiger partial charge in [-0.05, 0) is 24.9 Å². The second kappa shape index (κ2) is 7.51. The van der Waals surface area contributed by atoms with Gasteiger partial charge < -0.3 is 5.73 Å². The topological polar surface area (TPSA) is 63.4 Å². The van der Waals surface area contributed by atoms with Gasteiger partial charge in [0.15, 0.2) is 0 Å². The van der Waals surface area contributed by atoms with Gasteiger partial charge in [-0.1, -0.05) is 37.3 Å². The molecule has 1 aromatic carbocycles. The van der Waals surface area contributed by atoms with Crippen molar-refractivity contribution in [2.24, 2.45) is 5.73 Å². The van der Waals surface area contributed by atoms with Crippen LogP contribution in [0.2, 0.25) is 0 Å². The molecule has 0 unspecified atom stereocenters. The van der Waals surface area contributed by atoms with E-state index in [1.54, 1.807) is 0 Å². The Hall–Kier alpha value is -0.910. The first-order valence-corrected chi connectivity index (χ1v) is 7.93. The number of rotatable bonds is 8. The number of hydrogen-bond donors (Lipinski definition) is 1. The highest BCUT2D eigenvalue weighted by atomic mass is 32.2. The second-order valence-electron chi connectivity index (χ2n) is 4.19. The molecule has 0 aliphatic carbocycles. The van der Waals surface area contributed by atoms with E-state index in [2.05, 4.69) is 0 Å². The van der Waals surface area contributed by atoms with Gasteiger partial charge in [0.1, 0.15) is 0 Å². The molecular formula is C13H22N2O2S. The van der Waals surface area contributed by atoms with Gasteiger partial charge in [-0.15, -0.1) is 0 Å². The fourth-order valence-electron chi connectivity index (χ4n) is 1.78. The van der Waals surface area contributed by atoms with Crippen molar-refractivity contribution in [3.05, 3.63) is 35.9 Å². The van der Waals surface area contributed by atoms with Gasteiger partial charge in [0.05, 0.1) is 5.75 Å². The third-order valence-corrected chi connectivity index (χ3v) is 4.80. The summed E-state index contributed by atoms with van der Waals surface area (Å²) < 4.78 is 25.8. The molecule has 4 nitrogen and oxygen atoms in total. The zero-order valence-electron chi connectivity index (χ0n) is 10.9. The standard InChI is InChI=1S/C13H22N2O2S/c1-2-15(11-6-10-14)18(16,17)12-9-13-7-4-3-5-8-13/h3-5,7-8H,2,6,9-12,14H2,1H3. The van der Waals surface area contributed by atoms with Gasteiger partial charge in [0.25, 0.3) is 0 Å². The Kier molecular flexibility index (Phi) is 6.32. The monoisotopic (exact) mass is 270 g/mol. The lowest BCUT2D eigenvalue weighted by Crippen LogP contribution is -2.35. The van der Waals surface area contributed by atoms with E-state index in [1.807, 2.05) is 37.3 Å². The molecule has 18 heavy (non-hydrogen) atoms. The number of nitrogens with zero attached hydrogens (tertiary/aromatic N) is 1. The minimum Gasteiger partial charge on any atom is -0.330 e. The first kappa shape index (κ1) is 15.1. The first-order chi connectivity index (χ1) is 8.60. The zero-order chi connectivity index (χ0) is 13.4. The van der Waals surface area contributed by atoms with E-state index < -0.39 is 10.0 Å². The number of sulfonamides is 1. The fourth-order valence-corrected chi connectivity index (χ4v) is 3.33. The van der Waals surface area contributed by atoms with Crippen LogP contribution < -0.4 is 5.73 Å². The summed E-state index contributed by atoms with van der Waals surface area (Å²) in [6.45, 7) is 3.41. The van der Waals surface area contributed by atoms with Crippen LogP contribution in [0.15, 0.2) is 30.3 Å². The quantitative estimate of drug-likeness (QED) is 0.773. The molecule has 0 aromatic heterocycles. The van der Waals surface area contributed by atoms with Crippen molar-refractivity contribution < 1.29 is 8.42 Å². The molecule has 1 rings (SSSR count).